The number of aliphatic hydroxyl groups is 2. The van der Waals surface area contributed by atoms with Gasteiger partial charge in [-0.25, -0.2) is 4.79 Å². The zero-order valence-corrected chi connectivity index (χ0v) is 27.0. The first-order valence-corrected chi connectivity index (χ1v) is 16.2. The van der Waals surface area contributed by atoms with Crippen molar-refractivity contribution in [3.8, 4) is 11.5 Å². The summed E-state index contributed by atoms with van der Waals surface area (Å²) in [4.78, 5) is 50.7. The number of carbonyl (C=O) groups excluding carboxylic acids is 3. The second-order valence-corrected chi connectivity index (χ2v) is 11.5. The third kappa shape index (κ3) is 15.0. The highest BCUT2D eigenvalue weighted by Crippen LogP contribution is 2.38. The highest BCUT2D eigenvalue weighted by atomic mass is 17.0. The van der Waals surface area contributed by atoms with Gasteiger partial charge in [-0.1, -0.05) is 50.8 Å². The Morgan fingerprint density at radius 3 is 2.46 bits per heavy atom. The number of benzene rings is 1. The van der Waals surface area contributed by atoms with Gasteiger partial charge in [-0.15, -0.1) is 10.1 Å². The largest absolute Gasteiger partial charge is 0.493 e. The molecule has 0 saturated heterocycles. The summed E-state index contributed by atoms with van der Waals surface area (Å²) >= 11 is 0. The number of Topliss-reactive ketones (excluding diaryl/α,β-unsaturated/α-hetero) is 1. The van der Waals surface area contributed by atoms with Crippen molar-refractivity contribution in [3.05, 3.63) is 52.1 Å². The van der Waals surface area contributed by atoms with Crippen LogP contribution in [0.2, 0.25) is 0 Å². The number of carbonyl (C=O) groups is 3. The molecular weight excluding hydrogens is 598 g/mol. The highest BCUT2D eigenvalue weighted by Gasteiger charge is 2.40. The van der Waals surface area contributed by atoms with E-state index in [9.17, 15) is 34.7 Å². The topological polar surface area (TPSA) is 172 Å². The maximum atomic E-state index is 12.4. The molecule has 4 atom stereocenters. The monoisotopic (exact) mass is 647 g/mol. The van der Waals surface area contributed by atoms with Crippen molar-refractivity contribution in [3.63, 3.8) is 0 Å². The number of esters is 2. The average molecular weight is 648 g/mol. The van der Waals surface area contributed by atoms with Gasteiger partial charge in [0.05, 0.1) is 19.3 Å². The molecule has 256 valence electrons. The molecule has 12 heteroatoms. The Bertz CT molecular complexity index is 1170. The second-order valence-electron chi connectivity index (χ2n) is 11.5. The van der Waals surface area contributed by atoms with Crippen LogP contribution in [0.5, 0.6) is 11.5 Å². The SMILES string of the molecule is CCCCCCCC(=O)CC[C@@H]1[C@@H](CC=CCCCC(=O)Oc2ccc(C=CC(=O)OCCO[N+](=O)[O-])cc2OC)[C@@H](O)C[C@H]1O. The molecule has 1 fully saturated rings. The summed E-state index contributed by atoms with van der Waals surface area (Å²) in [7, 11) is 1.42. The Labute approximate surface area is 270 Å². The quantitative estimate of drug-likeness (QED) is 0.0290. The molecule has 0 amide bonds. The number of ketones is 1. The molecule has 0 unspecified atom stereocenters. The molecule has 2 rings (SSSR count). The number of allylic oxidation sites excluding steroid dienone is 2. The first-order chi connectivity index (χ1) is 22.1. The maximum Gasteiger partial charge on any atom is 0.330 e. The molecule has 0 spiro atoms. The number of unbranched alkanes of at least 4 members (excludes halogenated alkanes) is 5. The van der Waals surface area contributed by atoms with Crippen molar-refractivity contribution in [2.75, 3.05) is 20.3 Å². The summed E-state index contributed by atoms with van der Waals surface area (Å²) in [5.41, 5.74) is 0.576. The van der Waals surface area contributed by atoms with Crippen LogP contribution in [0.4, 0.5) is 0 Å². The molecule has 1 aliphatic carbocycles. The molecular formula is C34H49NO11. The maximum absolute atomic E-state index is 12.4. The average Bonchev–Trinajstić information content (AvgIpc) is 3.30. The Balaban J connectivity index is 1.73. The van der Waals surface area contributed by atoms with E-state index in [0.717, 1.165) is 25.3 Å². The van der Waals surface area contributed by atoms with Gasteiger partial charge in [-0.05, 0) is 74.1 Å². The predicted molar refractivity (Wildman–Crippen MR) is 170 cm³/mol. The zero-order valence-electron chi connectivity index (χ0n) is 27.0. The van der Waals surface area contributed by atoms with Crippen LogP contribution in [-0.4, -0.2) is 65.6 Å². The molecule has 12 nitrogen and oxygen atoms in total. The standard InChI is InChI=1S/C34H49NO11/c1-3-4-5-6-9-12-26(36)17-18-28-27(29(37)24-30(28)38)13-10-7-8-11-14-34(40)46-31-19-15-25(23-32(31)43-2)16-20-33(39)44-21-22-45-35(41)42/h7,10,15-16,19-20,23,27-30,37-38H,3-6,8-9,11-14,17-18,21-22,24H2,1-2H3/t27-,28-,29+,30-/m1/s1. The molecule has 0 bridgehead atoms. The van der Waals surface area contributed by atoms with Gasteiger partial charge >= 0.3 is 11.9 Å². The summed E-state index contributed by atoms with van der Waals surface area (Å²) in [5, 5.41) is 30.1. The number of ether oxygens (including phenoxy) is 3. The first-order valence-electron chi connectivity index (χ1n) is 16.2. The fourth-order valence-electron chi connectivity index (χ4n) is 5.53. The summed E-state index contributed by atoms with van der Waals surface area (Å²) in [6.07, 6.45) is 14.8. The van der Waals surface area contributed by atoms with Crippen molar-refractivity contribution in [1.29, 1.82) is 0 Å². The third-order valence-electron chi connectivity index (χ3n) is 8.01. The van der Waals surface area contributed by atoms with Crippen LogP contribution >= 0.6 is 0 Å². The molecule has 1 aromatic rings. The summed E-state index contributed by atoms with van der Waals surface area (Å²) in [5.74, 6) is -0.580. The molecule has 0 radical (unpaired) electrons. The lowest BCUT2D eigenvalue weighted by atomic mass is 9.86. The molecule has 0 aliphatic heterocycles. The smallest absolute Gasteiger partial charge is 0.330 e. The van der Waals surface area contributed by atoms with Gasteiger partial charge in [-0.2, -0.15) is 0 Å². The predicted octanol–water partition coefficient (Wildman–Crippen LogP) is 5.55. The van der Waals surface area contributed by atoms with E-state index in [0.29, 0.717) is 56.3 Å². The van der Waals surface area contributed by atoms with E-state index in [1.807, 2.05) is 12.2 Å². The lowest BCUT2D eigenvalue weighted by Gasteiger charge is -2.22. The van der Waals surface area contributed by atoms with Crippen LogP contribution < -0.4 is 9.47 Å². The van der Waals surface area contributed by atoms with Gasteiger partial charge in [0.2, 0.25) is 0 Å². The number of hydrogen-bond acceptors (Lipinski definition) is 11. The van der Waals surface area contributed by atoms with E-state index in [4.69, 9.17) is 14.2 Å². The Hall–Kier alpha value is -3.77. The zero-order chi connectivity index (χ0) is 33.7. The summed E-state index contributed by atoms with van der Waals surface area (Å²) in [6, 6.07) is 4.75. The van der Waals surface area contributed by atoms with Crippen molar-refractivity contribution < 1.29 is 48.7 Å². The van der Waals surface area contributed by atoms with Gasteiger partial charge in [0.1, 0.15) is 19.0 Å². The first kappa shape index (κ1) is 38.4. The second kappa shape index (κ2) is 21.9. The molecule has 0 aromatic heterocycles. The van der Waals surface area contributed by atoms with E-state index in [1.54, 1.807) is 18.2 Å². The third-order valence-corrected chi connectivity index (χ3v) is 8.01. The van der Waals surface area contributed by atoms with Gasteiger partial charge in [0.15, 0.2) is 11.5 Å². The highest BCUT2D eigenvalue weighted by molar-refractivity contribution is 5.87. The van der Waals surface area contributed by atoms with Gasteiger partial charge in [-0.3, -0.25) is 9.59 Å². The number of rotatable bonds is 23. The minimum Gasteiger partial charge on any atom is -0.493 e. The van der Waals surface area contributed by atoms with E-state index in [-0.39, 0.29) is 43.0 Å². The Morgan fingerprint density at radius 1 is 0.957 bits per heavy atom. The van der Waals surface area contributed by atoms with Crippen molar-refractivity contribution in [1.82, 2.24) is 0 Å². The summed E-state index contributed by atoms with van der Waals surface area (Å²) in [6.45, 7) is 1.53. The molecule has 0 heterocycles. The molecule has 2 N–H and O–H groups in total. The van der Waals surface area contributed by atoms with E-state index >= 15 is 0 Å². The van der Waals surface area contributed by atoms with Crippen LogP contribution in [0.3, 0.4) is 0 Å². The normalized spacial score (nSPS) is 19.4. The minimum absolute atomic E-state index is 0.0973. The number of methoxy groups -OCH3 is 1. The lowest BCUT2D eigenvalue weighted by Crippen LogP contribution is -2.22. The van der Waals surface area contributed by atoms with Crippen LogP contribution in [0.1, 0.15) is 96.0 Å². The van der Waals surface area contributed by atoms with Crippen LogP contribution in [0.15, 0.2) is 36.4 Å². The molecule has 1 saturated carbocycles. The molecule has 1 aliphatic rings. The van der Waals surface area contributed by atoms with Crippen molar-refractivity contribution in [2.24, 2.45) is 11.8 Å². The Kier molecular flexibility index (Phi) is 18.3. The fraction of sp³-hybridized carbons (Fsp3) is 0.618. The molecule has 46 heavy (non-hydrogen) atoms. The Morgan fingerprint density at radius 2 is 1.72 bits per heavy atom. The number of nitrogens with zero attached hydrogens (tertiary/aromatic N) is 1. The van der Waals surface area contributed by atoms with E-state index < -0.39 is 29.2 Å². The van der Waals surface area contributed by atoms with Crippen LogP contribution in [-0.2, 0) is 24.0 Å². The lowest BCUT2D eigenvalue weighted by molar-refractivity contribution is -0.757. The van der Waals surface area contributed by atoms with Crippen molar-refractivity contribution in [2.45, 2.75) is 103 Å². The van der Waals surface area contributed by atoms with E-state index in [1.165, 1.54) is 26.0 Å². The fourth-order valence-corrected chi connectivity index (χ4v) is 5.53. The van der Waals surface area contributed by atoms with Crippen LogP contribution in [0.25, 0.3) is 6.08 Å². The van der Waals surface area contributed by atoms with Gasteiger partial charge in [0.25, 0.3) is 5.09 Å². The number of aliphatic hydroxyl groups excluding tert-OH is 2. The van der Waals surface area contributed by atoms with Gasteiger partial charge < -0.3 is 29.3 Å². The van der Waals surface area contributed by atoms with E-state index in [2.05, 4.69) is 11.8 Å². The van der Waals surface area contributed by atoms with Crippen molar-refractivity contribution >= 4 is 23.8 Å². The van der Waals surface area contributed by atoms with Crippen LogP contribution in [0, 0.1) is 22.0 Å². The number of hydrogen-bond donors (Lipinski definition) is 2. The van der Waals surface area contributed by atoms with Gasteiger partial charge in [0, 0.05) is 25.3 Å². The summed E-state index contributed by atoms with van der Waals surface area (Å²) < 4.78 is 15.6. The molecule has 1 aromatic carbocycles. The minimum atomic E-state index is -0.974.